The molecule has 0 spiro atoms. The number of carbonyl (C=O) groups excluding carboxylic acids is 1. The van der Waals surface area contributed by atoms with Crippen molar-refractivity contribution in [2.24, 2.45) is 5.73 Å². The van der Waals surface area contributed by atoms with Crippen LogP contribution in [0, 0.1) is 6.92 Å². The van der Waals surface area contributed by atoms with Crippen LogP contribution >= 0.6 is 0 Å². The zero-order valence-corrected chi connectivity index (χ0v) is 8.94. The van der Waals surface area contributed by atoms with Crippen molar-refractivity contribution in [1.82, 2.24) is 4.90 Å². The van der Waals surface area contributed by atoms with Gasteiger partial charge in [-0.25, -0.2) is 0 Å². The predicted octanol–water partition coefficient (Wildman–Crippen LogP) is 0.707. The number of rotatable bonds is 3. The first-order valence-electron chi connectivity index (χ1n) is 5.27. The van der Waals surface area contributed by atoms with Crippen LogP contribution < -0.4 is 5.73 Å². The summed E-state index contributed by atoms with van der Waals surface area (Å²) < 4.78 is 0. The first-order chi connectivity index (χ1) is 7.18. The van der Waals surface area contributed by atoms with Gasteiger partial charge in [0.05, 0.1) is 0 Å². The molecule has 0 aliphatic carbocycles. The fourth-order valence-electron chi connectivity index (χ4n) is 1.88. The fourth-order valence-corrected chi connectivity index (χ4v) is 1.88. The molecule has 1 unspecified atom stereocenters. The Hall–Kier alpha value is -1.35. The standard InChI is InChI=1S/C12H16N2O/c1-9-4-2-3-5-10(9)6-7-14-8-11(13)12(14)15/h2-5,11H,6-8,13H2,1H3. The Kier molecular flexibility index (Phi) is 2.73. The van der Waals surface area contributed by atoms with E-state index in [1.807, 2.05) is 17.0 Å². The van der Waals surface area contributed by atoms with Gasteiger partial charge in [-0.1, -0.05) is 24.3 Å². The largest absolute Gasteiger partial charge is 0.339 e. The van der Waals surface area contributed by atoms with Gasteiger partial charge in [0.2, 0.25) is 5.91 Å². The van der Waals surface area contributed by atoms with Gasteiger partial charge in [-0.05, 0) is 24.5 Å². The summed E-state index contributed by atoms with van der Waals surface area (Å²) in [6.45, 7) is 3.60. The normalized spacial score (nSPS) is 20.3. The number of carbonyl (C=O) groups is 1. The molecular weight excluding hydrogens is 188 g/mol. The van der Waals surface area contributed by atoms with Crippen molar-refractivity contribution in [2.45, 2.75) is 19.4 Å². The van der Waals surface area contributed by atoms with Gasteiger partial charge in [-0.3, -0.25) is 4.79 Å². The first kappa shape index (κ1) is 10.2. The van der Waals surface area contributed by atoms with E-state index in [0.29, 0.717) is 6.54 Å². The van der Waals surface area contributed by atoms with Crippen molar-refractivity contribution in [3.05, 3.63) is 35.4 Å². The summed E-state index contributed by atoms with van der Waals surface area (Å²) in [5.41, 5.74) is 8.12. The van der Waals surface area contributed by atoms with Crippen LogP contribution in [0.2, 0.25) is 0 Å². The highest BCUT2D eigenvalue weighted by Gasteiger charge is 2.32. The van der Waals surface area contributed by atoms with Crippen LogP contribution in [0.25, 0.3) is 0 Å². The van der Waals surface area contributed by atoms with Crippen LogP contribution in [0.3, 0.4) is 0 Å². The molecule has 15 heavy (non-hydrogen) atoms. The van der Waals surface area contributed by atoms with Gasteiger partial charge in [-0.15, -0.1) is 0 Å². The van der Waals surface area contributed by atoms with Crippen LogP contribution in [0.1, 0.15) is 11.1 Å². The lowest BCUT2D eigenvalue weighted by Gasteiger charge is -2.36. The van der Waals surface area contributed by atoms with Crippen molar-refractivity contribution in [3.8, 4) is 0 Å². The average Bonchev–Trinajstić information content (AvgIpc) is 2.25. The van der Waals surface area contributed by atoms with Gasteiger partial charge >= 0.3 is 0 Å². The Morgan fingerprint density at radius 1 is 1.47 bits per heavy atom. The number of hydrogen-bond acceptors (Lipinski definition) is 2. The molecular formula is C12H16N2O. The molecule has 0 saturated carbocycles. The molecule has 0 bridgehead atoms. The van der Waals surface area contributed by atoms with Gasteiger partial charge in [0.1, 0.15) is 6.04 Å². The monoisotopic (exact) mass is 204 g/mol. The molecule has 1 amide bonds. The van der Waals surface area contributed by atoms with Crippen molar-refractivity contribution >= 4 is 5.91 Å². The van der Waals surface area contributed by atoms with E-state index < -0.39 is 0 Å². The zero-order valence-electron chi connectivity index (χ0n) is 8.94. The molecule has 1 aliphatic rings. The Morgan fingerprint density at radius 2 is 2.20 bits per heavy atom. The molecule has 1 atom stereocenters. The highest BCUT2D eigenvalue weighted by Crippen LogP contribution is 2.12. The van der Waals surface area contributed by atoms with Crippen LogP contribution in [0.15, 0.2) is 24.3 Å². The number of benzene rings is 1. The summed E-state index contributed by atoms with van der Waals surface area (Å²) >= 11 is 0. The van der Waals surface area contributed by atoms with E-state index in [2.05, 4.69) is 19.1 Å². The molecule has 2 N–H and O–H groups in total. The van der Waals surface area contributed by atoms with Gasteiger partial charge in [0, 0.05) is 13.1 Å². The topological polar surface area (TPSA) is 46.3 Å². The lowest BCUT2D eigenvalue weighted by atomic mass is 10.0. The number of nitrogens with two attached hydrogens (primary N) is 1. The number of β-lactam (4-membered cyclic amide) rings is 1. The van der Waals surface area contributed by atoms with Crippen LogP contribution in [-0.4, -0.2) is 29.9 Å². The molecule has 1 fully saturated rings. The number of aryl methyl sites for hydroxylation is 1. The minimum Gasteiger partial charge on any atom is -0.339 e. The fraction of sp³-hybridized carbons (Fsp3) is 0.417. The average molecular weight is 204 g/mol. The van der Waals surface area contributed by atoms with E-state index in [4.69, 9.17) is 5.73 Å². The molecule has 80 valence electrons. The van der Waals surface area contributed by atoms with Crippen molar-refractivity contribution in [3.63, 3.8) is 0 Å². The highest BCUT2D eigenvalue weighted by atomic mass is 16.2. The van der Waals surface area contributed by atoms with Gasteiger partial charge < -0.3 is 10.6 Å². The molecule has 1 saturated heterocycles. The summed E-state index contributed by atoms with van der Waals surface area (Å²) in [5.74, 6) is 0.0867. The molecule has 1 heterocycles. The smallest absolute Gasteiger partial charge is 0.241 e. The second-order valence-electron chi connectivity index (χ2n) is 4.07. The number of hydrogen-bond donors (Lipinski definition) is 1. The van der Waals surface area contributed by atoms with E-state index in [9.17, 15) is 4.79 Å². The molecule has 3 heteroatoms. The minimum absolute atomic E-state index is 0.0867. The van der Waals surface area contributed by atoms with E-state index in [-0.39, 0.29) is 11.9 Å². The third-order valence-corrected chi connectivity index (χ3v) is 2.96. The Morgan fingerprint density at radius 3 is 2.80 bits per heavy atom. The molecule has 2 rings (SSSR count). The molecule has 0 radical (unpaired) electrons. The second kappa shape index (κ2) is 4.03. The summed E-state index contributed by atoms with van der Waals surface area (Å²) in [6, 6.07) is 8.02. The second-order valence-corrected chi connectivity index (χ2v) is 4.07. The van der Waals surface area contributed by atoms with Crippen molar-refractivity contribution in [1.29, 1.82) is 0 Å². The molecule has 1 aliphatic heterocycles. The van der Waals surface area contributed by atoms with E-state index >= 15 is 0 Å². The minimum atomic E-state index is -0.248. The molecule has 1 aromatic carbocycles. The highest BCUT2D eigenvalue weighted by molar-refractivity contribution is 5.87. The Bertz CT molecular complexity index is 376. The summed E-state index contributed by atoms with van der Waals surface area (Å²) in [5, 5.41) is 0. The maximum atomic E-state index is 11.3. The third kappa shape index (κ3) is 2.02. The third-order valence-electron chi connectivity index (χ3n) is 2.96. The zero-order chi connectivity index (χ0) is 10.8. The van der Waals surface area contributed by atoms with Crippen molar-refractivity contribution < 1.29 is 4.79 Å². The molecule has 0 aromatic heterocycles. The summed E-state index contributed by atoms with van der Waals surface area (Å²) in [6.07, 6.45) is 0.922. The lowest BCUT2D eigenvalue weighted by molar-refractivity contribution is -0.142. The van der Waals surface area contributed by atoms with Gasteiger partial charge in [0.15, 0.2) is 0 Å². The lowest BCUT2D eigenvalue weighted by Crippen LogP contribution is -2.61. The van der Waals surface area contributed by atoms with Crippen LogP contribution in [0.5, 0.6) is 0 Å². The van der Waals surface area contributed by atoms with E-state index in [1.165, 1.54) is 11.1 Å². The maximum Gasteiger partial charge on any atom is 0.241 e. The van der Waals surface area contributed by atoms with E-state index in [1.54, 1.807) is 0 Å². The summed E-state index contributed by atoms with van der Waals surface area (Å²) in [7, 11) is 0. The molecule has 3 nitrogen and oxygen atoms in total. The number of likely N-dealkylation sites (tertiary alicyclic amines) is 1. The Labute approximate surface area is 89.9 Å². The van der Waals surface area contributed by atoms with Gasteiger partial charge in [-0.2, -0.15) is 0 Å². The first-order valence-corrected chi connectivity index (χ1v) is 5.27. The van der Waals surface area contributed by atoms with Crippen LogP contribution in [-0.2, 0) is 11.2 Å². The summed E-state index contributed by atoms with van der Waals surface area (Å²) in [4.78, 5) is 13.1. The van der Waals surface area contributed by atoms with Crippen molar-refractivity contribution in [2.75, 3.05) is 13.1 Å². The number of amides is 1. The Balaban J connectivity index is 1.89. The SMILES string of the molecule is Cc1ccccc1CCN1CC(N)C1=O. The quantitative estimate of drug-likeness (QED) is 0.737. The molecule has 1 aromatic rings. The van der Waals surface area contributed by atoms with E-state index in [0.717, 1.165) is 13.0 Å². The maximum absolute atomic E-state index is 11.3. The number of nitrogens with zero attached hydrogens (tertiary/aromatic N) is 1. The van der Waals surface area contributed by atoms with Crippen LogP contribution in [0.4, 0.5) is 0 Å². The predicted molar refractivity (Wildman–Crippen MR) is 59.4 cm³/mol. The van der Waals surface area contributed by atoms with Gasteiger partial charge in [0.25, 0.3) is 0 Å².